The van der Waals surface area contributed by atoms with Gasteiger partial charge in [0, 0.05) is 25.2 Å². The molecule has 1 saturated heterocycles. The van der Waals surface area contributed by atoms with E-state index in [0.717, 1.165) is 39.1 Å². The maximum atomic E-state index is 12.5. The summed E-state index contributed by atoms with van der Waals surface area (Å²) in [6.45, 7) is 7.68. The summed E-state index contributed by atoms with van der Waals surface area (Å²) in [4.78, 5) is 14.9. The largest absolute Gasteiger partial charge is 0.489 e. The van der Waals surface area contributed by atoms with E-state index in [-0.39, 0.29) is 11.9 Å². The molecule has 0 bridgehead atoms. The van der Waals surface area contributed by atoms with Crippen molar-refractivity contribution in [3.63, 3.8) is 0 Å². The van der Waals surface area contributed by atoms with Crippen molar-refractivity contribution in [2.24, 2.45) is 0 Å². The van der Waals surface area contributed by atoms with Crippen LogP contribution in [0.25, 0.3) is 0 Å². The third kappa shape index (κ3) is 3.92. The third-order valence-electron chi connectivity index (χ3n) is 4.50. The van der Waals surface area contributed by atoms with Crippen molar-refractivity contribution < 1.29 is 14.3 Å². The van der Waals surface area contributed by atoms with Crippen LogP contribution < -0.4 is 10.1 Å². The molecule has 1 amide bonds. The molecule has 0 atom stereocenters. The molecular formula is C18H24N2O3. The number of benzene rings is 1. The Bertz CT molecular complexity index is 549. The van der Waals surface area contributed by atoms with Gasteiger partial charge in [0.05, 0.1) is 18.8 Å². The van der Waals surface area contributed by atoms with Crippen LogP contribution in [0.15, 0.2) is 36.9 Å². The van der Waals surface area contributed by atoms with Crippen LogP contribution >= 0.6 is 0 Å². The molecule has 5 heteroatoms. The van der Waals surface area contributed by atoms with Crippen LogP contribution in [-0.2, 0) is 4.74 Å². The lowest BCUT2D eigenvalue weighted by atomic mass is 9.85. The fourth-order valence-corrected chi connectivity index (χ4v) is 3.14. The Morgan fingerprint density at radius 1 is 1.35 bits per heavy atom. The molecule has 1 saturated carbocycles. The van der Waals surface area contributed by atoms with Crippen LogP contribution in [0.3, 0.4) is 0 Å². The number of morpholine rings is 1. The third-order valence-corrected chi connectivity index (χ3v) is 4.50. The molecule has 1 aliphatic heterocycles. The van der Waals surface area contributed by atoms with Gasteiger partial charge in [-0.05, 0) is 25.0 Å². The minimum atomic E-state index is -0.0601. The number of nitrogens with zero attached hydrogens (tertiary/aromatic N) is 1. The van der Waals surface area contributed by atoms with Gasteiger partial charge in [0.15, 0.2) is 0 Å². The highest BCUT2D eigenvalue weighted by atomic mass is 16.5. The van der Waals surface area contributed by atoms with Gasteiger partial charge in [-0.15, -0.1) is 0 Å². The second-order valence-corrected chi connectivity index (χ2v) is 6.04. The number of nitrogens with one attached hydrogen (secondary N) is 1. The average Bonchev–Trinajstić information content (AvgIpc) is 2.56. The number of hydrogen-bond acceptors (Lipinski definition) is 4. The molecule has 1 heterocycles. The van der Waals surface area contributed by atoms with Crippen molar-refractivity contribution in [1.82, 2.24) is 10.2 Å². The molecule has 0 unspecified atom stereocenters. The predicted molar refractivity (Wildman–Crippen MR) is 88.8 cm³/mol. The van der Waals surface area contributed by atoms with Gasteiger partial charge in [0.1, 0.15) is 12.4 Å². The van der Waals surface area contributed by atoms with Gasteiger partial charge in [-0.3, -0.25) is 9.69 Å². The van der Waals surface area contributed by atoms with Crippen LogP contribution in [0, 0.1) is 0 Å². The zero-order chi connectivity index (χ0) is 16.1. The number of carbonyl (C=O) groups excluding carboxylic acids is 1. The maximum absolute atomic E-state index is 12.5. The minimum Gasteiger partial charge on any atom is -0.489 e. The molecule has 23 heavy (non-hydrogen) atoms. The van der Waals surface area contributed by atoms with Gasteiger partial charge in [-0.25, -0.2) is 0 Å². The molecule has 2 aliphatic rings. The van der Waals surface area contributed by atoms with Crippen LogP contribution in [0.4, 0.5) is 0 Å². The number of rotatable bonds is 6. The zero-order valence-corrected chi connectivity index (χ0v) is 13.4. The van der Waals surface area contributed by atoms with Crippen molar-refractivity contribution in [3.8, 4) is 5.75 Å². The Hall–Kier alpha value is -1.85. The second-order valence-electron chi connectivity index (χ2n) is 6.04. The average molecular weight is 316 g/mol. The standard InChI is InChI=1S/C18H24N2O3/c1-2-9-23-17-6-4-3-5-16(17)18(21)19-14-12-15(13-14)20-7-10-22-11-8-20/h2-6,14-15H,1,7-13H2,(H,19,21). The fourth-order valence-electron chi connectivity index (χ4n) is 3.14. The first-order valence-corrected chi connectivity index (χ1v) is 8.23. The number of amides is 1. The Kier molecular flexibility index (Phi) is 5.31. The molecule has 3 rings (SSSR count). The number of para-hydroxylation sites is 1. The Morgan fingerprint density at radius 2 is 2.09 bits per heavy atom. The van der Waals surface area contributed by atoms with Gasteiger partial charge in [-0.1, -0.05) is 24.8 Å². The summed E-state index contributed by atoms with van der Waals surface area (Å²) in [5.74, 6) is 0.545. The summed E-state index contributed by atoms with van der Waals surface area (Å²) in [5, 5.41) is 3.12. The minimum absolute atomic E-state index is 0.0601. The topological polar surface area (TPSA) is 50.8 Å². The lowest BCUT2D eigenvalue weighted by Gasteiger charge is -2.44. The van der Waals surface area contributed by atoms with E-state index in [1.807, 2.05) is 18.2 Å². The van der Waals surface area contributed by atoms with E-state index in [2.05, 4.69) is 16.8 Å². The van der Waals surface area contributed by atoms with Crippen molar-refractivity contribution in [1.29, 1.82) is 0 Å². The molecule has 0 aromatic heterocycles. The smallest absolute Gasteiger partial charge is 0.255 e. The summed E-state index contributed by atoms with van der Waals surface area (Å²) in [5.41, 5.74) is 0.587. The van der Waals surface area contributed by atoms with Crippen molar-refractivity contribution in [3.05, 3.63) is 42.5 Å². The highest BCUT2D eigenvalue weighted by Crippen LogP contribution is 2.27. The number of hydrogen-bond donors (Lipinski definition) is 1. The van der Waals surface area contributed by atoms with E-state index >= 15 is 0 Å². The highest BCUT2D eigenvalue weighted by Gasteiger charge is 2.35. The molecule has 1 aromatic rings. The molecule has 1 aliphatic carbocycles. The molecule has 2 fully saturated rings. The quantitative estimate of drug-likeness (QED) is 0.814. The molecule has 124 valence electrons. The SMILES string of the molecule is C=CCOc1ccccc1C(=O)NC1CC(N2CCOCC2)C1. The zero-order valence-electron chi connectivity index (χ0n) is 13.4. The van der Waals surface area contributed by atoms with Crippen LogP contribution in [0.5, 0.6) is 5.75 Å². The fraction of sp³-hybridized carbons (Fsp3) is 0.500. The summed E-state index contributed by atoms with van der Waals surface area (Å²) in [7, 11) is 0. The van der Waals surface area contributed by atoms with E-state index in [1.165, 1.54) is 0 Å². The number of carbonyl (C=O) groups is 1. The van der Waals surface area contributed by atoms with Crippen LogP contribution in [0.1, 0.15) is 23.2 Å². The van der Waals surface area contributed by atoms with Gasteiger partial charge in [0.2, 0.25) is 0 Å². The van der Waals surface area contributed by atoms with Gasteiger partial charge < -0.3 is 14.8 Å². The van der Waals surface area contributed by atoms with Crippen molar-refractivity contribution in [2.75, 3.05) is 32.9 Å². The van der Waals surface area contributed by atoms with E-state index < -0.39 is 0 Å². The first-order chi connectivity index (χ1) is 11.3. The Balaban J connectivity index is 1.51. The molecule has 0 spiro atoms. The summed E-state index contributed by atoms with van der Waals surface area (Å²) in [6.07, 6.45) is 3.70. The first-order valence-electron chi connectivity index (χ1n) is 8.23. The van der Waals surface area contributed by atoms with E-state index in [9.17, 15) is 4.79 Å². The summed E-state index contributed by atoms with van der Waals surface area (Å²) < 4.78 is 10.9. The van der Waals surface area contributed by atoms with E-state index in [0.29, 0.717) is 24.0 Å². The number of ether oxygens (including phenoxy) is 2. The van der Waals surface area contributed by atoms with Gasteiger partial charge >= 0.3 is 0 Å². The Morgan fingerprint density at radius 3 is 2.83 bits per heavy atom. The molecular weight excluding hydrogens is 292 g/mol. The van der Waals surface area contributed by atoms with Crippen molar-refractivity contribution in [2.45, 2.75) is 24.9 Å². The summed E-state index contributed by atoms with van der Waals surface area (Å²) >= 11 is 0. The van der Waals surface area contributed by atoms with Crippen LogP contribution in [0.2, 0.25) is 0 Å². The van der Waals surface area contributed by atoms with Crippen molar-refractivity contribution >= 4 is 5.91 Å². The second kappa shape index (κ2) is 7.62. The molecule has 5 nitrogen and oxygen atoms in total. The predicted octanol–water partition coefficient (Wildman–Crippen LogP) is 1.84. The maximum Gasteiger partial charge on any atom is 0.255 e. The normalized spacial score (nSPS) is 24.5. The lowest BCUT2D eigenvalue weighted by molar-refractivity contribution is -0.00951. The van der Waals surface area contributed by atoms with Gasteiger partial charge in [0.25, 0.3) is 5.91 Å². The monoisotopic (exact) mass is 316 g/mol. The molecule has 1 N–H and O–H groups in total. The van der Waals surface area contributed by atoms with E-state index in [4.69, 9.17) is 9.47 Å². The van der Waals surface area contributed by atoms with Crippen LogP contribution in [-0.4, -0.2) is 55.8 Å². The molecule has 1 aromatic carbocycles. The molecule has 0 radical (unpaired) electrons. The lowest BCUT2D eigenvalue weighted by Crippen LogP contribution is -2.56. The van der Waals surface area contributed by atoms with E-state index in [1.54, 1.807) is 12.1 Å². The highest BCUT2D eigenvalue weighted by molar-refractivity contribution is 5.97. The Labute approximate surface area is 137 Å². The summed E-state index contributed by atoms with van der Waals surface area (Å²) in [6, 6.07) is 8.17. The van der Waals surface area contributed by atoms with Gasteiger partial charge in [-0.2, -0.15) is 0 Å². The first kappa shape index (κ1) is 16.0.